The van der Waals surface area contributed by atoms with Gasteiger partial charge >= 0.3 is 5.97 Å². The highest BCUT2D eigenvalue weighted by Gasteiger charge is 2.11. The molecule has 0 fully saturated rings. The van der Waals surface area contributed by atoms with Crippen LogP contribution in [0.3, 0.4) is 0 Å². The third-order valence-corrected chi connectivity index (χ3v) is 2.49. The van der Waals surface area contributed by atoms with Crippen LogP contribution in [0.25, 0.3) is 0 Å². The van der Waals surface area contributed by atoms with E-state index in [1.54, 1.807) is 18.9 Å². The summed E-state index contributed by atoms with van der Waals surface area (Å²) in [6, 6.07) is 2.76. The molecule has 0 bridgehead atoms. The summed E-state index contributed by atoms with van der Waals surface area (Å²) in [6.07, 6.45) is 0.170. The number of carbonyl (C=O) groups is 1. The summed E-state index contributed by atoms with van der Waals surface area (Å²) in [5, 5.41) is 18.2. The van der Waals surface area contributed by atoms with E-state index < -0.39 is 12.1 Å². The average molecular weight is 259 g/mol. The van der Waals surface area contributed by atoms with Crippen LogP contribution in [0.2, 0.25) is 5.15 Å². The molecule has 0 amide bonds. The largest absolute Gasteiger partial charge is 0.478 e. The van der Waals surface area contributed by atoms with Gasteiger partial charge in [-0.05, 0) is 25.5 Å². The van der Waals surface area contributed by atoms with Gasteiger partial charge in [-0.25, -0.2) is 9.78 Å². The number of rotatable bonds is 5. The number of anilines is 1. The number of aliphatic hydroxyl groups is 1. The first kappa shape index (κ1) is 13.7. The SMILES string of the molecule is CC(O)CCN(C)c1cc(C(=O)O)cc(Cl)n1. The van der Waals surface area contributed by atoms with Crippen LogP contribution in [-0.4, -0.2) is 40.9 Å². The predicted molar refractivity (Wildman–Crippen MR) is 65.8 cm³/mol. The van der Waals surface area contributed by atoms with Crippen molar-refractivity contribution in [1.29, 1.82) is 0 Å². The molecule has 2 N–H and O–H groups in total. The van der Waals surface area contributed by atoms with E-state index in [4.69, 9.17) is 16.7 Å². The van der Waals surface area contributed by atoms with Crippen LogP contribution in [0.15, 0.2) is 12.1 Å². The summed E-state index contributed by atoms with van der Waals surface area (Å²) in [5.74, 6) is -0.560. The molecule has 1 aromatic heterocycles. The maximum absolute atomic E-state index is 10.8. The van der Waals surface area contributed by atoms with Crippen LogP contribution in [0.5, 0.6) is 0 Å². The maximum atomic E-state index is 10.8. The first-order valence-corrected chi connectivity index (χ1v) is 5.58. The fraction of sp³-hybridized carbons (Fsp3) is 0.455. The van der Waals surface area contributed by atoms with E-state index in [-0.39, 0.29) is 10.7 Å². The molecule has 5 nitrogen and oxygen atoms in total. The minimum Gasteiger partial charge on any atom is -0.478 e. The van der Waals surface area contributed by atoms with Gasteiger partial charge < -0.3 is 15.1 Å². The van der Waals surface area contributed by atoms with Crippen LogP contribution < -0.4 is 4.90 Å². The summed E-state index contributed by atoms with van der Waals surface area (Å²) in [4.78, 5) is 16.6. The normalized spacial score (nSPS) is 12.2. The van der Waals surface area contributed by atoms with Crippen molar-refractivity contribution in [3.63, 3.8) is 0 Å². The van der Waals surface area contributed by atoms with Gasteiger partial charge in [0, 0.05) is 13.6 Å². The van der Waals surface area contributed by atoms with Gasteiger partial charge in [-0.15, -0.1) is 0 Å². The van der Waals surface area contributed by atoms with Gasteiger partial charge in [-0.3, -0.25) is 0 Å². The van der Waals surface area contributed by atoms with Gasteiger partial charge in [-0.1, -0.05) is 11.6 Å². The molecule has 0 saturated carbocycles. The van der Waals surface area contributed by atoms with Crippen LogP contribution in [0.1, 0.15) is 23.7 Å². The van der Waals surface area contributed by atoms with Crippen LogP contribution >= 0.6 is 11.6 Å². The van der Waals surface area contributed by atoms with Gasteiger partial charge in [-0.2, -0.15) is 0 Å². The lowest BCUT2D eigenvalue weighted by atomic mass is 10.2. The van der Waals surface area contributed by atoms with Crippen molar-refractivity contribution < 1.29 is 15.0 Å². The molecule has 94 valence electrons. The fourth-order valence-corrected chi connectivity index (χ4v) is 1.50. The molecular formula is C11H15ClN2O3. The van der Waals surface area contributed by atoms with E-state index >= 15 is 0 Å². The molecule has 1 atom stereocenters. The number of nitrogens with zero attached hydrogens (tertiary/aromatic N) is 2. The van der Waals surface area contributed by atoms with E-state index in [0.29, 0.717) is 18.8 Å². The molecule has 0 aromatic carbocycles. The highest BCUT2D eigenvalue weighted by atomic mass is 35.5. The quantitative estimate of drug-likeness (QED) is 0.786. The summed E-state index contributed by atoms with van der Waals surface area (Å²) in [6.45, 7) is 2.27. The van der Waals surface area contributed by atoms with E-state index in [1.165, 1.54) is 12.1 Å². The second-order valence-corrected chi connectivity index (χ2v) is 4.29. The van der Waals surface area contributed by atoms with Crippen molar-refractivity contribution >= 4 is 23.4 Å². The van der Waals surface area contributed by atoms with Crippen LogP contribution in [0.4, 0.5) is 5.82 Å². The maximum Gasteiger partial charge on any atom is 0.335 e. The van der Waals surface area contributed by atoms with Crippen LogP contribution in [-0.2, 0) is 0 Å². The Labute approximate surface area is 105 Å². The van der Waals surface area contributed by atoms with E-state index in [9.17, 15) is 9.90 Å². The Morgan fingerprint density at radius 2 is 2.24 bits per heavy atom. The molecule has 0 aliphatic carbocycles. The number of hydrogen-bond donors (Lipinski definition) is 2. The second-order valence-electron chi connectivity index (χ2n) is 3.90. The molecule has 0 aliphatic rings. The molecule has 1 heterocycles. The highest BCUT2D eigenvalue weighted by molar-refractivity contribution is 6.29. The molecule has 0 aliphatic heterocycles. The molecule has 1 aromatic rings. The van der Waals surface area contributed by atoms with Gasteiger partial charge in [0.1, 0.15) is 11.0 Å². The Balaban J connectivity index is 2.86. The predicted octanol–water partition coefficient (Wildman–Crippen LogP) is 1.64. The molecular weight excluding hydrogens is 244 g/mol. The van der Waals surface area contributed by atoms with Gasteiger partial charge in [0.25, 0.3) is 0 Å². The number of halogens is 1. The summed E-state index contributed by atoms with van der Waals surface area (Å²) < 4.78 is 0. The van der Waals surface area contributed by atoms with E-state index in [1.807, 2.05) is 0 Å². The Bertz CT molecular complexity index is 410. The van der Waals surface area contributed by atoms with Crippen molar-refractivity contribution in [2.24, 2.45) is 0 Å². The third kappa shape index (κ3) is 4.20. The zero-order chi connectivity index (χ0) is 13.0. The number of pyridine rings is 1. The van der Waals surface area contributed by atoms with Crippen molar-refractivity contribution in [1.82, 2.24) is 4.98 Å². The minimum atomic E-state index is -1.04. The summed E-state index contributed by atoms with van der Waals surface area (Å²) >= 11 is 5.75. The molecule has 1 rings (SSSR count). The van der Waals surface area contributed by atoms with Crippen molar-refractivity contribution in [3.8, 4) is 0 Å². The van der Waals surface area contributed by atoms with Crippen molar-refractivity contribution in [3.05, 3.63) is 22.8 Å². The highest BCUT2D eigenvalue weighted by Crippen LogP contribution is 2.17. The molecule has 0 saturated heterocycles. The van der Waals surface area contributed by atoms with E-state index in [0.717, 1.165) is 0 Å². The standard InChI is InChI=1S/C11H15ClN2O3/c1-7(15)3-4-14(2)10-6-8(11(16)17)5-9(12)13-10/h5-7,15H,3-4H2,1-2H3,(H,16,17). The number of aromatic carboxylic acids is 1. The molecule has 1 unspecified atom stereocenters. The first-order valence-electron chi connectivity index (χ1n) is 5.20. The molecule has 17 heavy (non-hydrogen) atoms. The van der Waals surface area contributed by atoms with Crippen molar-refractivity contribution in [2.45, 2.75) is 19.4 Å². The Hall–Kier alpha value is -1.33. The second kappa shape index (κ2) is 5.84. The lowest BCUT2D eigenvalue weighted by Gasteiger charge is -2.19. The van der Waals surface area contributed by atoms with Crippen LogP contribution in [0, 0.1) is 0 Å². The number of hydrogen-bond acceptors (Lipinski definition) is 4. The van der Waals surface area contributed by atoms with Gasteiger partial charge in [0.05, 0.1) is 11.7 Å². The van der Waals surface area contributed by atoms with Gasteiger partial charge in [0.2, 0.25) is 0 Å². The number of carboxylic acid groups (broad SMARTS) is 1. The number of carboxylic acids is 1. The lowest BCUT2D eigenvalue weighted by Crippen LogP contribution is -2.23. The zero-order valence-corrected chi connectivity index (χ0v) is 10.5. The lowest BCUT2D eigenvalue weighted by molar-refractivity contribution is 0.0696. The smallest absolute Gasteiger partial charge is 0.335 e. The minimum absolute atomic E-state index is 0.101. The number of aliphatic hydroxyl groups excluding tert-OH is 1. The summed E-state index contributed by atoms with van der Waals surface area (Å²) in [5.41, 5.74) is 0.101. The van der Waals surface area contributed by atoms with Crippen molar-refractivity contribution in [2.75, 3.05) is 18.5 Å². The third-order valence-electron chi connectivity index (χ3n) is 2.30. The Morgan fingerprint density at radius 3 is 2.76 bits per heavy atom. The molecule has 0 spiro atoms. The fourth-order valence-electron chi connectivity index (χ4n) is 1.30. The average Bonchev–Trinajstić information content (AvgIpc) is 2.24. The molecule has 0 radical (unpaired) electrons. The topological polar surface area (TPSA) is 73.7 Å². The van der Waals surface area contributed by atoms with Gasteiger partial charge in [0.15, 0.2) is 0 Å². The zero-order valence-electron chi connectivity index (χ0n) is 9.72. The molecule has 6 heteroatoms. The number of aromatic nitrogens is 1. The Morgan fingerprint density at radius 1 is 1.59 bits per heavy atom. The summed E-state index contributed by atoms with van der Waals surface area (Å²) in [7, 11) is 1.77. The van der Waals surface area contributed by atoms with E-state index in [2.05, 4.69) is 4.98 Å². The Kier molecular flexibility index (Phi) is 4.72. The first-order chi connectivity index (χ1) is 7.90. The monoisotopic (exact) mass is 258 g/mol.